The van der Waals surface area contributed by atoms with Crippen molar-refractivity contribution < 1.29 is 0 Å². The lowest BCUT2D eigenvalue weighted by Gasteiger charge is -2.07. The first-order valence-corrected chi connectivity index (χ1v) is 3.85. The van der Waals surface area contributed by atoms with E-state index in [-0.39, 0.29) is 5.50 Å². The van der Waals surface area contributed by atoms with Gasteiger partial charge in [0.15, 0.2) is 0 Å². The largest absolute Gasteiger partial charge is 0.366 e. The van der Waals surface area contributed by atoms with Crippen LogP contribution in [0, 0.1) is 0 Å². The molecule has 0 amide bonds. The van der Waals surface area contributed by atoms with Gasteiger partial charge in [-0.15, -0.1) is 0 Å². The summed E-state index contributed by atoms with van der Waals surface area (Å²) in [5, 5.41) is 3.04. The first-order chi connectivity index (χ1) is 5.33. The van der Waals surface area contributed by atoms with E-state index < -0.39 is 0 Å². The van der Waals surface area contributed by atoms with Gasteiger partial charge < -0.3 is 5.32 Å². The van der Waals surface area contributed by atoms with E-state index in [2.05, 4.69) is 11.9 Å². The molecule has 1 rings (SSSR count). The summed E-state index contributed by atoms with van der Waals surface area (Å²) in [5.41, 5.74) is 0.810. The minimum atomic E-state index is -0.197. The van der Waals surface area contributed by atoms with Crippen LogP contribution in [0.2, 0.25) is 0 Å². The van der Waals surface area contributed by atoms with Gasteiger partial charge in [-0.05, 0) is 12.1 Å². The molecule has 0 radical (unpaired) electrons. The van der Waals surface area contributed by atoms with Gasteiger partial charge in [0, 0.05) is 5.69 Å². The monoisotopic (exact) mass is 167 g/mol. The Morgan fingerprint density at radius 1 is 1.36 bits per heavy atom. The highest BCUT2D eigenvalue weighted by atomic mass is 35.5. The van der Waals surface area contributed by atoms with Crippen LogP contribution in [-0.4, -0.2) is 5.50 Å². The average Bonchev–Trinajstić information content (AvgIpc) is 2.06. The quantitative estimate of drug-likeness (QED) is 0.415. The maximum absolute atomic E-state index is 5.77. The molecule has 0 saturated heterocycles. The second-order valence-electron chi connectivity index (χ2n) is 2.15. The Morgan fingerprint density at radius 3 is 2.55 bits per heavy atom. The minimum absolute atomic E-state index is 0.197. The third kappa shape index (κ3) is 2.64. The topological polar surface area (TPSA) is 12.0 Å². The summed E-state index contributed by atoms with van der Waals surface area (Å²) in [6.07, 6.45) is 1.65. The van der Waals surface area contributed by atoms with Gasteiger partial charge in [-0.1, -0.05) is 42.5 Å². The number of para-hydroxylation sites is 1. The molecular weight excluding hydrogens is 158 g/mol. The number of benzene rings is 1. The van der Waals surface area contributed by atoms with E-state index in [1.807, 2.05) is 30.3 Å². The number of rotatable bonds is 3. The molecule has 0 aliphatic rings. The molecule has 0 fully saturated rings. The molecule has 1 aromatic rings. The highest BCUT2D eigenvalue weighted by Crippen LogP contribution is 2.08. The van der Waals surface area contributed by atoms with Crippen molar-refractivity contribution in [2.24, 2.45) is 0 Å². The highest BCUT2D eigenvalue weighted by molar-refractivity contribution is 6.22. The van der Waals surface area contributed by atoms with Crippen LogP contribution >= 0.6 is 11.6 Å². The van der Waals surface area contributed by atoms with Crippen LogP contribution in [0.3, 0.4) is 0 Å². The molecule has 1 nitrogen and oxygen atoms in total. The summed E-state index contributed by atoms with van der Waals surface area (Å²) in [5.74, 6) is 0. The highest BCUT2D eigenvalue weighted by Gasteiger charge is 1.95. The molecule has 1 unspecified atom stereocenters. The Morgan fingerprint density at radius 2 is 2.00 bits per heavy atom. The van der Waals surface area contributed by atoms with Gasteiger partial charge in [-0.3, -0.25) is 0 Å². The van der Waals surface area contributed by atoms with Crippen molar-refractivity contribution in [3.05, 3.63) is 43.0 Å². The third-order valence-electron chi connectivity index (χ3n) is 1.29. The molecule has 1 N–H and O–H groups in total. The van der Waals surface area contributed by atoms with Crippen LogP contribution < -0.4 is 5.32 Å². The van der Waals surface area contributed by atoms with E-state index >= 15 is 0 Å². The van der Waals surface area contributed by atoms with Crippen molar-refractivity contribution in [3.8, 4) is 0 Å². The number of nitrogens with one attached hydrogen (secondary N) is 1. The third-order valence-corrected chi connectivity index (χ3v) is 1.57. The van der Waals surface area contributed by atoms with Crippen molar-refractivity contribution in [1.29, 1.82) is 0 Å². The summed E-state index contributed by atoms with van der Waals surface area (Å²) >= 11 is 5.77. The van der Waals surface area contributed by atoms with Gasteiger partial charge in [0.05, 0.1) is 0 Å². The van der Waals surface area contributed by atoms with Gasteiger partial charge >= 0.3 is 0 Å². The molecule has 0 saturated carbocycles. The SMILES string of the molecule is C=CC(Cl)Nc1ccccc1. The summed E-state index contributed by atoms with van der Waals surface area (Å²) in [7, 11) is 0. The first kappa shape index (κ1) is 8.15. The summed E-state index contributed by atoms with van der Waals surface area (Å²) in [6, 6.07) is 9.78. The second kappa shape index (κ2) is 4.04. The Balaban J connectivity index is 2.57. The van der Waals surface area contributed by atoms with Crippen LogP contribution in [0.5, 0.6) is 0 Å². The molecule has 1 atom stereocenters. The van der Waals surface area contributed by atoms with Gasteiger partial charge in [0.2, 0.25) is 0 Å². The van der Waals surface area contributed by atoms with Crippen molar-refractivity contribution in [2.45, 2.75) is 5.50 Å². The summed E-state index contributed by atoms with van der Waals surface area (Å²) in [6.45, 7) is 3.56. The van der Waals surface area contributed by atoms with E-state index in [0.717, 1.165) is 5.69 Å². The van der Waals surface area contributed by atoms with Crippen molar-refractivity contribution in [1.82, 2.24) is 0 Å². The molecule has 0 spiro atoms. The van der Waals surface area contributed by atoms with Crippen LogP contribution in [0.1, 0.15) is 0 Å². The predicted octanol–water partition coefficient (Wildman–Crippen LogP) is 2.85. The number of hydrogen-bond acceptors (Lipinski definition) is 1. The van der Waals surface area contributed by atoms with Crippen molar-refractivity contribution in [2.75, 3.05) is 5.32 Å². The molecule has 1 aromatic carbocycles. The van der Waals surface area contributed by atoms with Crippen LogP contribution in [0.15, 0.2) is 43.0 Å². The van der Waals surface area contributed by atoms with Crippen molar-refractivity contribution in [3.63, 3.8) is 0 Å². The number of alkyl halides is 1. The fourth-order valence-electron chi connectivity index (χ4n) is 0.753. The fourth-order valence-corrected chi connectivity index (χ4v) is 0.879. The lowest BCUT2D eigenvalue weighted by atomic mass is 10.3. The van der Waals surface area contributed by atoms with Gasteiger partial charge in [-0.25, -0.2) is 0 Å². The maximum Gasteiger partial charge on any atom is 0.120 e. The number of anilines is 1. The Hall–Kier alpha value is -0.950. The lowest BCUT2D eigenvalue weighted by Crippen LogP contribution is -2.07. The first-order valence-electron chi connectivity index (χ1n) is 3.41. The minimum Gasteiger partial charge on any atom is -0.366 e. The molecule has 0 aliphatic carbocycles. The standard InChI is InChI=1S/C9H10ClN/c1-2-9(10)11-8-6-4-3-5-7-8/h2-7,9,11H,1H2. The zero-order valence-electron chi connectivity index (χ0n) is 6.13. The van der Waals surface area contributed by atoms with Crippen LogP contribution in [0.25, 0.3) is 0 Å². The van der Waals surface area contributed by atoms with E-state index in [4.69, 9.17) is 11.6 Å². The smallest absolute Gasteiger partial charge is 0.120 e. The van der Waals surface area contributed by atoms with E-state index in [0.29, 0.717) is 0 Å². The van der Waals surface area contributed by atoms with E-state index in [1.54, 1.807) is 6.08 Å². The Labute approximate surface area is 71.7 Å². The summed E-state index contributed by atoms with van der Waals surface area (Å²) in [4.78, 5) is 0. The van der Waals surface area contributed by atoms with E-state index in [9.17, 15) is 0 Å². The van der Waals surface area contributed by atoms with Crippen LogP contribution in [-0.2, 0) is 0 Å². The average molecular weight is 168 g/mol. The van der Waals surface area contributed by atoms with Gasteiger partial charge in [0.1, 0.15) is 5.50 Å². The van der Waals surface area contributed by atoms with Gasteiger partial charge in [-0.2, -0.15) is 0 Å². The lowest BCUT2D eigenvalue weighted by molar-refractivity contribution is 1.24. The molecule has 0 aliphatic heterocycles. The predicted molar refractivity (Wildman–Crippen MR) is 49.9 cm³/mol. The van der Waals surface area contributed by atoms with Crippen molar-refractivity contribution >= 4 is 17.3 Å². The molecular formula is C9H10ClN. The van der Waals surface area contributed by atoms with Gasteiger partial charge in [0.25, 0.3) is 0 Å². The van der Waals surface area contributed by atoms with Crippen LogP contribution in [0.4, 0.5) is 5.69 Å². The fraction of sp³-hybridized carbons (Fsp3) is 0.111. The molecule has 0 heterocycles. The molecule has 11 heavy (non-hydrogen) atoms. The summed E-state index contributed by atoms with van der Waals surface area (Å²) < 4.78 is 0. The molecule has 2 heteroatoms. The Kier molecular flexibility index (Phi) is 2.99. The van der Waals surface area contributed by atoms with E-state index in [1.165, 1.54) is 0 Å². The second-order valence-corrected chi connectivity index (χ2v) is 2.62. The zero-order chi connectivity index (χ0) is 8.10. The normalized spacial score (nSPS) is 12.1. The number of hydrogen-bond donors (Lipinski definition) is 1. The Bertz CT molecular complexity index is 220. The molecule has 0 aromatic heterocycles. The number of halogens is 1. The maximum atomic E-state index is 5.77. The molecule has 0 bridgehead atoms. The molecule has 58 valence electrons. The zero-order valence-corrected chi connectivity index (χ0v) is 6.88.